The molecule has 0 bridgehead atoms. The van der Waals surface area contributed by atoms with Gasteiger partial charge >= 0.3 is 0 Å². The van der Waals surface area contributed by atoms with Crippen molar-refractivity contribution in [1.29, 1.82) is 0 Å². The SMILES string of the molecule is Cc1cccc(OC(C)C(=O)N2CCN(C(=O)C(C)C3CNC3)CC2)c1. The van der Waals surface area contributed by atoms with E-state index in [1.54, 1.807) is 11.8 Å². The van der Waals surface area contributed by atoms with Crippen LogP contribution in [0.5, 0.6) is 5.75 Å². The lowest BCUT2D eigenvalue weighted by atomic mass is 9.88. The summed E-state index contributed by atoms with van der Waals surface area (Å²) in [5.74, 6) is 1.41. The molecular formula is C20H29N3O3. The fourth-order valence-corrected chi connectivity index (χ4v) is 3.50. The Bertz CT molecular complexity index is 651. The minimum atomic E-state index is -0.529. The van der Waals surface area contributed by atoms with Crippen molar-refractivity contribution in [1.82, 2.24) is 15.1 Å². The average Bonchev–Trinajstić information content (AvgIpc) is 2.59. The van der Waals surface area contributed by atoms with E-state index in [-0.39, 0.29) is 17.7 Å². The molecular weight excluding hydrogens is 330 g/mol. The van der Waals surface area contributed by atoms with Gasteiger partial charge in [0.25, 0.3) is 5.91 Å². The van der Waals surface area contributed by atoms with Crippen LogP contribution in [0.15, 0.2) is 24.3 Å². The Morgan fingerprint density at radius 2 is 1.69 bits per heavy atom. The van der Waals surface area contributed by atoms with Crippen molar-refractivity contribution in [2.24, 2.45) is 11.8 Å². The summed E-state index contributed by atoms with van der Waals surface area (Å²) in [5, 5.41) is 3.22. The van der Waals surface area contributed by atoms with E-state index >= 15 is 0 Å². The molecule has 2 unspecified atom stereocenters. The number of carbonyl (C=O) groups excluding carboxylic acids is 2. The zero-order valence-electron chi connectivity index (χ0n) is 15.9. The van der Waals surface area contributed by atoms with Crippen molar-refractivity contribution in [3.8, 4) is 5.75 Å². The van der Waals surface area contributed by atoms with Crippen LogP contribution in [-0.2, 0) is 9.59 Å². The number of piperazine rings is 1. The number of rotatable bonds is 5. The van der Waals surface area contributed by atoms with E-state index in [9.17, 15) is 9.59 Å². The highest BCUT2D eigenvalue weighted by Crippen LogP contribution is 2.20. The predicted molar refractivity (Wildman–Crippen MR) is 100.0 cm³/mol. The number of amides is 2. The fraction of sp³-hybridized carbons (Fsp3) is 0.600. The lowest BCUT2D eigenvalue weighted by Crippen LogP contribution is -2.56. The molecule has 0 aromatic heterocycles. The molecule has 0 radical (unpaired) electrons. The number of carbonyl (C=O) groups is 2. The summed E-state index contributed by atoms with van der Waals surface area (Å²) in [6, 6.07) is 7.71. The first-order valence-electron chi connectivity index (χ1n) is 9.47. The number of ether oxygens (including phenoxy) is 1. The van der Waals surface area contributed by atoms with Crippen LogP contribution in [0.4, 0.5) is 0 Å². The quantitative estimate of drug-likeness (QED) is 0.861. The van der Waals surface area contributed by atoms with Crippen LogP contribution in [0.25, 0.3) is 0 Å². The molecule has 6 heteroatoms. The van der Waals surface area contributed by atoms with E-state index in [0.29, 0.717) is 37.8 Å². The molecule has 1 aromatic rings. The maximum absolute atomic E-state index is 12.7. The highest BCUT2D eigenvalue weighted by molar-refractivity contribution is 5.82. The largest absolute Gasteiger partial charge is 0.481 e. The number of benzene rings is 1. The first kappa shape index (κ1) is 18.7. The Labute approximate surface area is 155 Å². The standard InChI is InChI=1S/C20H29N3O3/c1-14-5-4-6-18(11-14)26-16(3)20(25)23-9-7-22(8-10-23)19(24)15(2)17-12-21-13-17/h4-6,11,15-17,21H,7-10,12-13H2,1-3H3. The van der Waals surface area contributed by atoms with Gasteiger partial charge in [-0.15, -0.1) is 0 Å². The summed E-state index contributed by atoms with van der Waals surface area (Å²) < 4.78 is 5.80. The molecule has 2 fully saturated rings. The molecule has 2 aliphatic rings. The van der Waals surface area contributed by atoms with E-state index in [1.165, 1.54) is 0 Å². The number of nitrogens with zero attached hydrogens (tertiary/aromatic N) is 2. The first-order chi connectivity index (χ1) is 12.5. The van der Waals surface area contributed by atoms with Crippen LogP contribution >= 0.6 is 0 Å². The molecule has 2 atom stereocenters. The molecule has 6 nitrogen and oxygen atoms in total. The summed E-state index contributed by atoms with van der Waals surface area (Å²) in [6.07, 6.45) is -0.529. The van der Waals surface area contributed by atoms with E-state index in [1.807, 2.05) is 43.0 Å². The molecule has 1 aromatic carbocycles. The molecule has 0 aliphatic carbocycles. The molecule has 0 spiro atoms. The van der Waals surface area contributed by atoms with E-state index in [4.69, 9.17) is 4.74 Å². The normalized spacial score (nSPS) is 20.3. The number of hydrogen-bond donors (Lipinski definition) is 1. The Kier molecular flexibility index (Phi) is 5.81. The Morgan fingerprint density at radius 1 is 1.08 bits per heavy atom. The highest BCUT2D eigenvalue weighted by Gasteiger charge is 2.34. The van der Waals surface area contributed by atoms with Gasteiger partial charge in [0.15, 0.2) is 6.10 Å². The molecule has 142 valence electrons. The molecule has 2 heterocycles. The second kappa shape index (κ2) is 8.08. The van der Waals surface area contributed by atoms with Crippen molar-refractivity contribution in [2.45, 2.75) is 26.9 Å². The lowest BCUT2D eigenvalue weighted by Gasteiger charge is -2.39. The maximum atomic E-state index is 12.7. The number of aryl methyl sites for hydroxylation is 1. The molecule has 2 saturated heterocycles. The Balaban J connectivity index is 1.49. The van der Waals surface area contributed by atoms with Crippen molar-refractivity contribution in [3.63, 3.8) is 0 Å². The van der Waals surface area contributed by atoms with Gasteiger partial charge in [0.2, 0.25) is 5.91 Å². The van der Waals surface area contributed by atoms with Gasteiger partial charge in [-0.05, 0) is 50.6 Å². The van der Waals surface area contributed by atoms with E-state index in [2.05, 4.69) is 5.32 Å². The topological polar surface area (TPSA) is 61.9 Å². The van der Waals surface area contributed by atoms with Crippen LogP contribution in [-0.4, -0.2) is 67.0 Å². The highest BCUT2D eigenvalue weighted by atomic mass is 16.5. The van der Waals surface area contributed by atoms with Gasteiger partial charge in [-0.3, -0.25) is 9.59 Å². The minimum Gasteiger partial charge on any atom is -0.481 e. The van der Waals surface area contributed by atoms with Crippen molar-refractivity contribution >= 4 is 11.8 Å². The van der Waals surface area contributed by atoms with E-state index < -0.39 is 6.10 Å². The summed E-state index contributed by atoms with van der Waals surface area (Å²) in [7, 11) is 0. The predicted octanol–water partition coefficient (Wildman–Crippen LogP) is 1.29. The molecule has 2 amide bonds. The lowest BCUT2D eigenvalue weighted by molar-refractivity contribution is -0.146. The van der Waals surface area contributed by atoms with Gasteiger partial charge in [-0.2, -0.15) is 0 Å². The minimum absolute atomic E-state index is 0.0187. The summed E-state index contributed by atoms with van der Waals surface area (Å²) >= 11 is 0. The smallest absolute Gasteiger partial charge is 0.263 e. The van der Waals surface area contributed by atoms with Gasteiger partial charge in [-0.25, -0.2) is 0 Å². The van der Waals surface area contributed by atoms with Gasteiger partial charge < -0.3 is 19.9 Å². The van der Waals surface area contributed by atoms with Crippen LogP contribution in [0.3, 0.4) is 0 Å². The van der Waals surface area contributed by atoms with Gasteiger partial charge in [0.05, 0.1) is 0 Å². The summed E-state index contributed by atoms with van der Waals surface area (Å²) in [4.78, 5) is 28.9. The molecule has 0 saturated carbocycles. The molecule has 26 heavy (non-hydrogen) atoms. The third-order valence-electron chi connectivity index (χ3n) is 5.46. The fourth-order valence-electron chi connectivity index (χ4n) is 3.50. The van der Waals surface area contributed by atoms with E-state index in [0.717, 1.165) is 18.7 Å². The summed E-state index contributed by atoms with van der Waals surface area (Å²) in [6.45, 7) is 10.0. The molecule has 3 rings (SSSR count). The van der Waals surface area contributed by atoms with Crippen molar-refractivity contribution in [3.05, 3.63) is 29.8 Å². The van der Waals surface area contributed by atoms with Crippen LogP contribution < -0.4 is 10.1 Å². The molecule has 1 N–H and O–H groups in total. The van der Waals surface area contributed by atoms with Gasteiger partial charge in [0.1, 0.15) is 5.75 Å². The third kappa shape index (κ3) is 4.18. The molecule has 2 aliphatic heterocycles. The second-order valence-electron chi connectivity index (χ2n) is 7.43. The Hall–Kier alpha value is -2.08. The second-order valence-corrected chi connectivity index (χ2v) is 7.43. The van der Waals surface area contributed by atoms with Gasteiger partial charge in [0, 0.05) is 32.1 Å². The number of hydrogen-bond acceptors (Lipinski definition) is 4. The zero-order chi connectivity index (χ0) is 18.7. The van der Waals surface area contributed by atoms with Gasteiger partial charge in [-0.1, -0.05) is 19.1 Å². The maximum Gasteiger partial charge on any atom is 0.263 e. The van der Waals surface area contributed by atoms with Crippen LogP contribution in [0, 0.1) is 18.8 Å². The van der Waals surface area contributed by atoms with Crippen molar-refractivity contribution in [2.75, 3.05) is 39.3 Å². The zero-order valence-corrected chi connectivity index (χ0v) is 15.9. The van der Waals surface area contributed by atoms with Crippen molar-refractivity contribution < 1.29 is 14.3 Å². The third-order valence-corrected chi connectivity index (χ3v) is 5.46. The first-order valence-corrected chi connectivity index (χ1v) is 9.47. The monoisotopic (exact) mass is 359 g/mol. The van der Waals surface area contributed by atoms with Crippen LogP contribution in [0.1, 0.15) is 19.4 Å². The van der Waals surface area contributed by atoms with Crippen LogP contribution in [0.2, 0.25) is 0 Å². The number of nitrogens with one attached hydrogen (secondary N) is 1. The Morgan fingerprint density at radius 3 is 2.23 bits per heavy atom. The summed E-state index contributed by atoms with van der Waals surface area (Å²) in [5.41, 5.74) is 1.10. The average molecular weight is 359 g/mol.